The predicted molar refractivity (Wildman–Crippen MR) is 130 cm³/mol. The molecule has 0 bridgehead atoms. The smallest absolute Gasteiger partial charge is 0.344 e. The lowest BCUT2D eigenvalue weighted by Gasteiger charge is -2.39. The molecule has 1 aromatic heterocycles. The number of piperazine rings is 1. The average Bonchev–Trinajstić information content (AvgIpc) is 3.24. The largest absolute Gasteiger partial charge is 0.370 e. The first-order valence-corrected chi connectivity index (χ1v) is 13.1. The number of anilines is 2. The van der Waals surface area contributed by atoms with Gasteiger partial charge in [-0.2, -0.15) is 4.68 Å². The number of alkyl halides is 1. The molecule has 2 unspecified atom stereocenters. The number of piperidine rings is 1. The summed E-state index contributed by atoms with van der Waals surface area (Å²) in [6, 6.07) is 7.68. The topological polar surface area (TPSA) is 73.7 Å². The highest BCUT2D eigenvalue weighted by molar-refractivity contribution is 7.85. The molecular formula is C22H30ClFN6O2S. The summed E-state index contributed by atoms with van der Waals surface area (Å²) in [6.45, 7) is 6.15. The molecule has 0 aliphatic carbocycles. The number of rotatable bonds is 5. The molecule has 0 saturated carbocycles. The monoisotopic (exact) mass is 496 g/mol. The standard InChI is InChI=1S/C22H30ClFN6O2S/c1-16-14-29(22(31)30-10-7-21(25-30)26-33(2)32)12-11-28(16)15-17-3-4-19(23)20(13-17)27-8-5-18(24)6-9-27/h3-4,7,10,13,16,18H,5-6,8-9,11-12,14-15H2,1-2H3,(H,25,26). The Balaban J connectivity index is 1.36. The summed E-state index contributed by atoms with van der Waals surface area (Å²) in [7, 11) is -1.24. The zero-order valence-electron chi connectivity index (χ0n) is 18.9. The van der Waals surface area contributed by atoms with Gasteiger partial charge in [0.25, 0.3) is 0 Å². The summed E-state index contributed by atoms with van der Waals surface area (Å²) in [5, 5.41) is 4.87. The van der Waals surface area contributed by atoms with E-state index >= 15 is 0 Å². The number of carbonyl (C=O) groups excluding carboxylic acids is 1. The maximum absolute atomic E-state index is 13.5. The Kier molecular flexibility index (Phi) is 7.55. The van der Waals surface area contributed by atoms with E-state index in [1.54, 1.807) is 17.2 Å². The van der Waals surface area contributed by atoms with Crippen LogP contribution in [0, 0.1) is 0 Å². The molecule has 2 atom stereocenters. The number of hydrogen-bond acceptors (Lipinski definition) is 5. The molecule has 1 amide bonds. The van der Waals surface area contributed by atoms with Gasteiger partial charge in [-0.25, -0.2) is 13.4 Å². The van der Waals surface area contributed by atoms with Crippen molar-refractivity contribution in [2.24, 2.45) is 0 Å². The van der Waals surface area contributed by atoms with Gasteiger partial charge in [0.1, 0.15) is 17.2 Å². The Morgan fingerprint density at radius 3 is 2.70 bits per heavy atom. The fourth-order valence-electron chi connectivity index (χ4n) is 4.40. The van der Waals surface area contributed by atoms with E-state index in [1.165, 1.54) is 10.9 Å². The zero-order chi connectivity index (χ0) is 23.5. The van der Waals surface area contributed by atoms with Crippen molar-refractivity contribution in [3.8, 4) is 0 Å². The van der Waals surface area contributed by atoms with Gasteiger partial charge in [0, 0.05) is 63.8 Å². The van der Waals surface area contributed by atoms with Crippen molar-refractivity contribution in [1.82, 2.24) is 19.6 Å². The van der Waals surface area contributed by atoms with Gasteiger partial charge in [0.2, 0.25) is 0 Å². The molecule has 33 heavy (non-hydrogen) atoms. The number of benzene rings is 1. The minimum atomic E-state index is -1.24. The molecule has 0 radical (unpaired) electrons. The van der Waals surface area contributed by atoms with Gasteiger partial charge in [-0.15, -0.1) is 5.10 Å². The van der Waals surface area contributed by atoms with E-state index in [0.717, 1.165) is 24.3 Å². The molecular weight excluding hydrogens is 467 g/mol. The summed E-state index contributed by atoms with van der Waals surface area (Å²) in [4.78, 5) is 19.2. The Hall–Kier alpha value is -2.17. The van der Waals surface area contributed by atoms with Gasteiger partial charge >= 0.3 is 6.03 Å². The van der Waals surface area contributed by atoms with Gasteiger partial charge in [-0.3, -0.25) is 9.62 Å². The summed E-state index contributed by atoms with van der Waals surface area (Å²) < 4.78 is 28.8. The molecule has 2 aliphatic rings. The van der Waals surface area contributed by atoms with Crippen molar-refractivity contribution in [2.45, 2.75) is 38.5 Å². The first-order chi connectivity index (χ1) is 15.8. The van der Waals surface area contributed by atoms with Crippen LogP contribution in [0.4, 0.5) is 20.7 Å². The van der Waals surface area contributed by atoms with Crippen molar-refractivity contribution < 1.29 is 13.4 Å². The molecule has 3 heterocycles. The second kappa shape index (κ2) is 10.4. The van der Waals surface area contributed by atoms with Crippen molar-refractivity contribution in [1.29, 1.82) is 0 Å². The lowest BCUT2D eigenvalue weighted by atomic mass is 10.1. The van der Waals surface area contributed by atoms with Crippen LogP contribution in [-0.2, 0) is 17.5 Å². The Bertz CT molecular complexity index is 1010. The zero-order valence-corrected chi connectivity index (χ0v) is 20.5. The van der Waals surface area contributed by atoms with Crippen LogP contribution in [0.2, 0.25) is 5.02 Å². The van der Waals surface area contributed by atoms with E-state index in [2.05, 4.69) is 32.6 Å². The first-order valence-electron chi connectivity index (χ1n) is 11.2. The van der Waals surface area contributed by atoms with Crippen molar-refractivity contribution in [3.63, 3.8) is 0 Å². The second-order valence-electron chi connectivity index (χ2n) is 8.70. The van der Waals surface area contributed by atoms with Crippen LogP contribution in [0.15, 0.2) is 30.5 Å². The van der Waals surface area contributed by atoms with E-state index in [1.807, 2.05) is 12.1 Å². The minimum absolute atomic E-state index is 0.167. The third-order valence-corrected chi connectivity index (χ3v) is 7.05. The summed E-state index contributed by atoms with van der Waals surface area (Å²) in [5.41, 5.74) is 2.12. The normalized spacial score (nSPS) is 21.3. The molecule has 4 rings (SSSR count). The number of carbonyl (C=O) groups is 1. The number of aromatic nitrogens is 2. The molecule has 2 saturated heterocycles. The molecule has 11 heteroatoms. The number of nitrogens with one attached hydrogen (secondary N) is 1. The highest BCUT2D eigenvalue weighted by Gasteiger charge is 2.28. The third kappa shape index (κ3) is 5.85. The molecule has 1 N–H and O–H groups in total. The first kappa shape index (κ1) is 24.0. The van der Waals surface area contributed by atoms with Gasteiger partial charge in [-0.05, 0) is 37.5 Å². The molecule has 2 aromatic rings. The average molecular weight is 497 g/mol. The molecule has 0 spiro atoms. The number of nitrogens with zero attached hydrogens (tertiary/aromatic N) is 5. The van der Waals surface area contributed by atoms with Gasteiger partial charge in [0.15, 0.2) is 5.82 Å². The molecule has 2 fully saturated rings. The predicted octanol–water partition coefficient (Wildman–Crippen LogP) is 3.35. The van der Waals surface area contributed by atoms with Crippen molar-refractivity contribution in [2.75, 3.05) is 48.6 Å². The highest BCUT2D eigenvalue weighted by atomic mass is 35.5. The Morgan fingerprint density at radius 1 is 1.24 bits per heavy atom. The number of hydrogen-bond donors (Lipinski definition) is 1. The van der Waals surface area contributed by atoms with Gasteiger partial charge in [-0.1, -0.05) is 17.7 Å². The maximum Gasteiger partial charge on any atom is 0.344 e. The fourth-order valence-corrected chi connectivity index (χ4v) is 5.04. The SMILES string of the molecule is CC1CN(C(=O)n2ccc(NS(C)=O)n2)CCN1Cc1ccc(Cl)c(N2CCC(F)CC2)c1. The summed E-state index contributed by atoms with van der Waals surface area (Å²) in [6.07, 6.45) is 3.45. The molecule has 2 aliphatic heterocycles. The van der Waals surface area contributed by atoms with Gasteiger partial charge < -0.3 is 9.80 Å². The summed E-state index contributed by atoms with van der Waals surface area (Å²) in [5.74, 6) is 0.408. The third-order valence-electron chi connectivity index (χ3n) is 6.23. The van der Waals surface area contributed by atoms with Crippen LogP contribution < -0.4 is 9.62 Å². The lowest BCUT2D eigenvalue weighted by molar-refractivity contribution is 0.0921. The van der Waals surface area contributed by atoms with Crippen molar-refractivity contribution >= 4 is 40.1 Å². The maximum atomic E-state index is 13.5. The van der Waals surface area contributed by atoms with Crippen LogP contribution in [-0.4, -0.2) is 81.0 Å². The van der Waals surface area contributed by atoms with E-state index in [9.17, 15) is 13.4 Å². The fraction of sp³-hybridized carbons (Fsp3) is 0.545. The highest BCUT2D eigenvalue weighted by Crippen LogP contribution is 2.30. The molecule has 180 valence electrons. The lowest BCUT2D eigenvalue weighted by Crippen LogP contribution is -2.54. The van der Waals surface area contributed by atoms with Crippen LogP contribution in [0.25, 0.3) is 0 Å². The minimum Gasteiger partial charge on any atom is -0.370 e. The number of amides is 1. The summed E-state index contributed by atoms with van der Waals surface area (Å²) >= 11 is 6.46. The number of halogens is 2. The van der Waals surface area contributed by atoms with Crippen LogP contribution in [0.5, 0.6) is 0 Å². The van der Waals surface area contributed by atoms with Crippen molar-refractivity contribution in [3.05, 3.63) is 41.0 Å². The van der Waals surface area contributed by atoms with Crippen LogP contribution in [0.1, 0.15) is 25.3 Å². The van der Waals surface area contributed by atoms with E-state index in [0.29, 0.717) is 49.9 Å². The van der Waals surface area contributed by atoms with E-state index in [4.69, 9.17) is 11.6 Å². The van der Waals surface area contributed by atoms with E-state index < -0.39 is 17.2 Å². The molecule has 8 nitrogen and oxygen atoms in total. The van der Waals surface area contributed by atoms with Gasteiger partial charge in [0.05, 0.1) is 10.7 Å². The Labute approximate surface area is 201 Å². The molecule has 1 aromatic carbocycles. The Morgan fingerprint density at radius 2 is 2.00 bits per heavy atom. The van der Waals surface area contributed by atoms with Crippen LogP contribution in [0.3, 0.4) is 0 Å². The van der Waals surface area contributed by atoms with E-state index in [-0.39, 0.29) is 12.1 Å². The quantitative estimate of drug-likeness (QED) is 0.687. The van der Waals surface area contributed by atoms with Crippen LogP contribution >= 0.6 is 11.6 Å². The second-order valence-corrected chi connectivity index (χ2v) is 10.2.